The van der Waals surface area contributed by atoms with Gasteiger partial charge in [-0.1, -0.05) is 0 Å². The summed E-state index contributed by atoms with van der Waals surface area (Å²) in [5.74, 6) is 1.34. The summed E-state index contributed by atoms with van der Waals surface area (Å²) in [6, 6.07) is 3.89. The SMILES string of the molecule is C[C@@H](Oc1cc(-c2cncc(N)n2)cc2ncsc12)[C@H]1CNC(=O)C1. The maximum Gasteiger partial charge on any atom is 0.220 e. The average Bonchev–Trinajstić information content (AvgIpc) is 3.23. The van der Waals surface area contributed by atoms with Crippen LogP contribution >= 0.6 is 11.3 Å². The van der Waals surface area contributed by atoms with E-state index in [1.54, 1.807) is 11.7 Å². The highest BCUT2D eigenvalue weighted by atomic mass is 32.1. The average molecular weight is 355 g/mol. The van der Waals surface area contributed by atoms with E-state index in [-0.39, 0.29) is 17.9 Å². The summed E-state index contributed by atoms with van der Waals surface area (Å²) in [6.45, 7) is 2.64. The van der Waals surface area contributed by atoms with Crippen LogP contribution < -0.4 is 15.8 Å². The van der Waals surface area contributed by atoms with Crippen LogP contribution in [0.25, 0.3) is 21.5 Å². The van der Waals surface area contributed by atoms with Crippen molar-refractivity contribution in [2.24, 2.45) is 5.92 Å². The number of anilines is 1. The van der Waals surface area contributed by atoms with Crippen LogP contribution in [0.4, 0.5) is 5.82 Å². The van der Waals surface area contributed by atoms with E-state index < -0.39 is 0 Å². The van der Waals surface area contributed by atoms with Crippen molar-refractivity contribution < 1.29 is 9.53 Å². The molecular formula is C17H17N5O2S. The van der Waals surface area contributed by atoms with E-state index in [9.17, 15) is 4.79 Å². The number of amides is 1. The lowest BCUT2D eigenvalue weighted by Gasteiger charge is -2.20. The van der Waals surface area contributed by atoms with E-state index in [0.29, 0.717) is 24.5 Å². The first kappa shape index (κ1) is 15.8. The van der Waals surface area contributed by atoms with Crippen molar-refractivity contribution in [1.29, 1.82) is 0 Å². The van der Waals surface area contributed by atoms with Crippen molar-refractivity contribution in [2.75, 3.05) is 12.3 Å². The second-order valence-electron chi connectivity index (χ2n) is 6.10. The Hall–Kier alpha value is -2.74. The third-order valence-corrected chi connectivity index (χ3v) is 5.19. The molecule has 0 unspecified atom stereocenters. The van der Waals surface area contributed by atoms with Gasteiger partial charge < -0.3 is 15.8 Å². The zero-order valence-electron chi connectivity index (χ0n) is 13.6. The van der Waals surface area contributed by atoms with Gasteiger partial charge in [0.25, 0.3) is 0 Å². The van der Waals surface area contributed by atoms with Gasteiger partial charge in [0.2, 0.25) is 5.91 Å². The highest BCUT2D eigenvalue weighted by Gasteiger charge is 2.28. The van der Waals surface area contributed by atoms with Crippen LogP contribution in [0.2, 0.25) is 0 Å². The molecule has 1 saturated heterocycles. The number of hydrogen-bond acceptors (Lipinski definition) is 7. The monoisotopic (exact) mass is 355 g/mol. The number of thiazole rings is 1. The molecule has 3 aromatic rings. The minimum absolute atomic E-state index is 0.0761. The van der Waals surface area contributed by atoms with E-state index in [1.165, 1.54) is 17.5 Å². The number of nitrogen functional groups attached to an aromatic ring is 1. The second kappa shape index (κ2) is 6.29. The quantitative estimate of drug-likeness (QED) is 0.744. The fourth-order valence-corrected chi connectivity index (χ4v) is 3.68. The summed E-state index contributed by atoms with van der Waals surface area (Å²) in [5.41, 5.74) is 9.90. The van der Waals surface area contributed by atoms with Gasteiger partial charge in [0, 0.05) is 24.4 Å². The highest BCUT2D eigenvalue weighted by molar-refractivity contribution is 7.17. The Morgan fingerprint density at radius 3 is 3.04 bits per heavy atom. The number of rotatable bonds is 4. The lowest BCUT2D eigenvalue weighted by Crippen LogP contribution is -2.25. The number of benzene rings is 1. The van der Waals surface area contributed by atoms with E-state index in [4.69, 9.17) is 10.5 Å². The van der Waals surface area contributed by atoms with E-state index in [2.05, 4.69) is 20.3 Å². The number of fused-ring (bicyclic) bond motifs is 1. The van der Waals surface area contributed by atoms with Gasteiger partial charge in [-0.2, -0.15) is 0 Å². The van der Waals surface area contributed by atoms with Crippen molar-refractivity contribution in [3.63, 3.8) is 0 Å². The van der Waals surface area contributed by atoms with E-state index in [1.807, 2.05) is 19.1 Å². The lowest BCUT2D eigenvalue weighted by molar-refractivity contribution is -0.119. The fourth-order valence-electron chi connectivity index (χ4n) is 2.95. The molecule has 0 saturated carbocycles. The predicted molar refractivity (Wildman–Crippen MR) is 96.3 cm³/mol. The number of ether oxygens (including phenoxy) is 1. The molecule has 0 spiro atoms. The summed E-state index contributed by atoms with van der Waals surface area (Å²) in [5, 5.41) is 2.85. The minimum atomic E-state index is -0.0913. The molecule has 2 atom stereocenters. The van der Waals surface area contributed by atoms with Crippen molar-refractivity contribution in [3.8, 4) is 17.0 Å². The topological polar surface area (TPSA) is 103 Å². The molecule has 1 amide bonds. The smallest absolute Gasteiger partial charge is 0.220 e. The third kappa shape index (κ3) is 3.12. The van der Waals surface area contributed by atoms with Crippen molar-refractivity contribution in [2.45, 2.75) is 19.4 Å². The Balaban J connectivity index is 1.70. The maximum atomic E-state index is 11.5. The molecule has 1 fully saturated rings. The number of hydrogen-bond donors (Lipinski definition) is 2. The molecule has 0 bridgehead atoms. The second-order valence-corrected chi connectivity index (χ2v) is 6.95. The normalized spacial score (nSPS) is 18.3. The third-order valence-electron chi connectivity index (χ3n) is 4.33. The van der Waals surface area contributed by atoms with Crippen LogP contribution in [-0.4, -0.2) is 33.5 Å². The van der Waals surface area contributed by atoms with E-state index >= 15 is 0 Å². The van der Waals surface area contributed by atoms with Gasteiger partial charge in [-0.3, -0.25) is 9.78 Å². The number of carbonyl (C=O) groups is 1. The summed E-state index contributed by atoms with van der Waals surface area (Å²) in [7, 11) is 0. The molecule has 8 heteroatoms. The largest absolute Gasteiger partial charge is 0.489 e. The van der Waals surface area contributed by atoms with Gasteiger partial charge in [-0.15, -0.1) is 11.3 Å². The lowest BCUT2D eigenvalue weighted by atomic mass is 10.0. The molecule has 128 valence electrons. The molecule has 3 heterocycles. The molecule has 1 aromatic carbocycles. The molecule has 0 radical (unpaired) electrons. The van der Waals surface area contributed by atoms with Gasteiger partial charge in [-0.25, -0.2) is 9.97 Å². The molecule has 25 heavy (non-hydrogen) atoms. The molecule has 1 aliphatic rings. The van der Waals surface area contributed by atoms with Gasteiger partial charge in [0.1, 0.15) is 17.7 Å². The standard InChI is InChI=1S/C17H17N5O2S/c1-9(11-4-16(23)20-5-11)24-14-3-10(2-12-17(14)25-8-21-12)13-6-19-7-15(18)22-13/h2-3,6-9,11H,4-5H2,1H3,(H2,18,22)(H,20,23)/t9-,11-/m1/s1. The summed E-state index contributed by atoms with van der Waals surface area (Å²) in [6.07, 6.45) is 3.57. The Kier molecular flexibility index (Phi) is 3.96. The first-order chi connectivity index (χ1) is 12.1. The summed E-state index contributed by atoms with van der Waals surface area (Å²) in [4.78, 5) is 24.3. The van der Waals surface area contributed by atoms with Crippen molar-refractivity contribution in [1.82, 2.24) is 20.3 Å². The molecular weight excluding hydrogens is 338 g/mol. The van der Waals surface area contributed by atoms with Crippen molar-refractivity contribution in [3.05, 3.63) is 30.0 Å². The van der Waals surface area contributed by atoms with Crippen LogP contribution in [0.5, 0.6) is 5.75 Å². The zero-order chi connectivity index (χ0) is 17.4. The van der Waals surface area contributed by atoms with Crippen LogP contribution in [0, 0.1) is 5.92 Å². The van der Waals surface area contributed by atoms with Crippen molar-refractivity contribution >= 4 is 33.3 Å². The Labute approximate surface area is 148 Å². The Morgan fingerprint density at radius 2 is 2.28 bits per heavy atom. The number of carbonyl (C=O) groups excluding carboxylic acids is 1. The number of aromatic nitrogens is 3. The first-order valence-corrected chi connectivity index (χ1v) is 8.86. The molecule has 7 nitrogen and oxygen atoms in total. The molecule has 3 N–H and O–H groups in total. The van der Waals surface area contributed by atoms with E-state index in [0.717, 1.165) is 21.5 Å². The van der Waals surface area contributed by atoms with Gasteiger partial charge in [-0.05, 0) is 19.1 Å². The molecule has 1 aliphatic heterocycles. The first-order valence-electron chi connectivity index (χ1n) is 7.98. The highest BCUT2D eigenvalue weighted by Crippen LogP contribution is 2.35. The van der Waals surface area contributed by atoms with Gasteiger partial charge in [0.15, 0.2) is 0 Å². The van der Waals surface area contributed by atoms with Crippen LogP contribution in [0.15, 0.2) is 30.0 Å². The van der Waals surface area contributed by atoms with Crippen LogP contribution in [0.1, 0.15) is 13.3 Å². The zero-order valence-corrected chi connectivity index (χ0v) is 14.4. The van der Waals surface area contributed by atoms with Gasteiger partial charge >= 0.3 is 0 Å². The van der Waals surface area contributed by atoms with Crippen LogP contribution in [0.3, 0.4) is 0 Å². The molecule has 2 aromatic heterocycles. The van der Waals surface area contributed by atoms with Crippen LogP contribution in [-0.2, 0) is 4.79 Å². The Bertz CT molecular complexity index is 942. The number of nitrogens with one attached hydrogen (secondary N) is 1. The number of nitrogens with zero attached hydrogens (tertiary/aromatic N) is 3. The predicted octanol–water partition coefficient (Wildman–Crippen LogP) is 2.24. The summed E-state index contributed by atoms with van der Waals surface area (Å²) >= 11 is 1.53. The molecule has 0 aliphatic carbocycles. The number of nitrogens with two attached hydrogens (primary N) is 1. The maximum absolute atomic E-state index is 11.5. The fraction of sp³-hybridized carbons (Fsp3) is 0.294. The summed E-state index contributed by atoms with van der Waals surface area (Å²) < 4.78 is 7.19. The van der Waals surface area contributed by atoms with Gasteiger partial charge in [0.05, 0.1) is 33.8 Å². The Morgan fingerprint density at radius 1 is 1.40 bits per heavy atom. The minimum Gasteiger partial charge on any atom is -0.489 e. The molecule has 4 rings (SSSR count).